The topological polar surface area (TPSA) is 22.4 Å². The van der Waals surface area contributed by atoms with Gasteiger partial charge in [0.15, 0.2) is 11.3 Å². The summed E-state index contributed by atoms with van der Waals surface area (Å²) in [6.07, 6.45) is 6.05. The van der Waals surface area contributed by atoms with E-state index in [9.17, 15) is 0 Å². The minimum atomic E-state index is -0.584. The lowest BCUT2D eigenvalue weighted by atomic mass is 9.62. The van der Waals surface area contributed by atoms with Crippen LogP contribution >= 0.6 is 0 Å². The third-order valence-electron chi connectivity index (χ3n) is 11.9. The molecule has 7 rings (SSSR count). The summed E-state index contributed by atoms with van der Waals surface area (Å²) >= 11 is 0. The number of allylic oxidation sites excluding steroid dienone is 1. The Balaban J connectivity index is 1.89. The van der Waals surface area contributed by atoms with E-state index in [4.69, 9.17) is 9.15 Å². The van der Waals surface area contributed by atoms with Crippen LogP contribution in [0, 0.1) is 83.1 Å². The molecule has 218 valence electrons. The van der Waals surface area contributed by atoms with Crippen molar-refractivity contribution in [1.29, 1.82) is 0 Å². The van der Waals surface area contributed by atoms with Gasteiger partial charge in [0.25, 0.3) is 0 Å². The van der Waals surface area contributed by atoms with Gasteiger partial charge in [-0.05, 0) is 195 Å². The fraction of sp³-hybridized carbons (Fsp3) is 0.317. The Morgan fingerprint density at radius 3 is 1.40 bits per heavy atom. The molecule has 43 heavy (non-hydrogen) atoms. The molecule has 5 aromatic rings. The van der Waals surface area contributed by atoms with Crippen LogP contribution in [0.3, 0.4) is 0 Å². The fourth-order valence-corrected chi connectivity index (χ4v) is 8.46. The molecule has 0 atom stereocenters. The molecular formula is C41H42O2. The highest BCUT2D eigenvalue weighted by atomic mass is 16.5. The molecule has 0 fully saturated rings. The van der Waals surface area contributed by atoms with Crippen molar-refractivity contribution in [2.45, 2.75) is 88.5 Å². The van der Waals surface area contributed by atoms with Crippen LogP contribution in [0.15, 0.2) is 41.2 Å². The first-order valence-electron chi connectivity index (χ1n) is 15.5. The molecule has 1 aliphatic heterocycles. The first-order chi connectivity index (χ1) is 20.4. The summed E-state index contributed by atoms with van der Waals surface area (Å²) in [6, 6.07) is 6.53. The fourth-order valence-electron chi connectivity index (χ4n) is 8.46. The summed E-state index contributed by atoms with van der Waals surface area (Å²) < 4.78 is 12.6. The van der Waals surface area contributed by atoms with Crippen LogP contribution in [0.2, 0.25) is 0 Å². The van der Waals surface area contributed by atoms with Crippen LogP contribution in [0.5, 0.6) is 5.75 Å². The molecule has 1 aliphatic carbocycles. The van der Waals surface area contributed by atoms with Gasteiger partial charge >= 0.3 is 0 Å². The van der Waals surface area contributed by atoms with Crippen molar-refractivity contribution < 1.29 is 9.15 Å². The number of rotatable bonds is 0. The first-order valence-corrected chi connectivity index (χ1v) is 15.5. The monoisotopic (exact) mass is 566 g/mol. The Morgan fingerprint density at radius 1 is 0.465 bits per heavy atom. The Labute approximate surface area is 256 Å². The molecule has 0 amide bonds. The van der Waals surface area contributed by atoms with E-state index in [1.165, 1.54) is 100 Å². The molecule has 1 aromatic heterocycles. The molecule has 4 aromatic carbocycles. The van der Waals surface area contributed by atoms with Gasteiger partial charge in [-0.3, -0.25) is 0 Å². The first kappa shape index (κ1) is 27.8. The van der Waals surface area contributed by atoms with Gasteiger partial charge in [0.05, 0.1) is 17.9 Å². The largest absolute Gasteiger partial charge is 0.461 e. The standard InChI is InChI=1S/C41H42O2/c1-19-20(2)26(8)34-33(25(19)7)35-27(9)21(3)23(5)29(11)37(35)41(38-30(12)24(6)22(4)28(10)36(34)38)16-18-43-40-32(41)14-13-31-15-17-42-39(31)40/h13-18H,1-12H3. The van der Waals surface area contributed by atoms with Gasteiger partial charge in [-0.15, -0.1) is 0 Å². The van der Waals surface area contributed by atoms with E-state index in [2.05, 4.69) is 101 Å². The number of hydrogen-bond donors (Lipinski definition) is 0. The van der Waals surface area contributed by atoms with Crippen LogP contribution in [-0.2, 0) is 5.41 Å². The van der Waals surface area contributed by atoms with Crippen LogP contribution in [0.1, 0.15) is 83.5 Å². The zero-order valence-corrected chi connectivity index (χ0v) is 27.8. The quantitative estimate of drug-likeness (QED) is 0.186. The molecule has 2 heterocycles. The molecule has 0 saturated heterocycles. The summed E-state index contributed by atoms with van der Waals surface area (Å²) in [5.41, 5.74) is 26.0. The zero-order valence-electron chi connectivity index (χ0n) is 27.8. The van der Waals surface area contributed by atoms with E-state index in [0.717, 1.165) is 22.3 Å². The highest BCUT2D eigenvalue weighted by Crippen LogP contribution is 2.61. The minimum Gasteiger partial charge on any atom is -0.461 e. The number of benzene rings is 4. The Kier molecular flexibility index (Phi) is 5.80. The number of fused-ring (bicyclic) bond motifs is 11. The summed E-state index contributed by atoms with van der Waals surface area (Å²) in [5.74, 6) is 0.819. The van der Waals surface area contributed by atoms with Gasteiger partial charge in [0.2, 0.25) is 0 Å². The average molecular weight is 567 g/mol. The molecular weight excluding hydrogens is 524 g/mol. The third-order valence-corrected chi connectivity index (χ3v) is 11.9. The zero-order chi connectivity index (χ0) is 30.9. The van der Waals surface area contributed by atoms with Gasteiger partial charge < -0.3 is 9.15 Å². The van der Waals surface area contributed by atoms with Crippen molar-refractivity contribution in [3.05, 3.63) is 120 Å². The Hall–Kier alpha value is -4.04. The van der Waals surface area contributed by atoms with E-state index < -0.39 is 5.41 Å². The Bertz CT molecular complexity index is 2010. The molecule has 2 aliphatic rings. The molecule has 0 bridgehead atoms. The molecule has 1 spiro atoms. The molecule has 0 unspecified atom stereocenters. The number of ether oxygens (including phenoxy) is 1. The summed E-state index contributed by atoms with van der Waals surface area (Å²) in [5, 5.41) is 1.06. The smallest absolute Gasteiger partial charge is 0.176 e. The van der Waals surface area contributed by atoms with Gasteiger partial charge in [-0.1, -0.05) is 12.1 Å². The van der Waals surface area contributed by atoms with Gasteiger partial charge in [-0.25, -0.2) is 0 Å². The summed E-state index contributed by atoms with van der Waals surface area (Å²) in [7, 11) is 0. The molecule has 2 heteroatoms. The molecule has 2 nitrogen and oxygen atoms in total. The van der Waals surface area contributed by atoms with Crippen LogP contribution < -0.4 is 4.74 Å². The Morgan fingerprint density at radius 2 is 0.907 bits per heavy atom. The molecule has 0 saturated carbocycles. The van der Waals surface area contributed by atoms with E-state index in [1.54, 1.807) is 6.26 Å². The highest BCUT2D eigenvalue weighted by Gasteiger charge is 2.49. The lowest BCUT2D eigenvalue weighted by Crippen LogP contribution is -2.33. The second-order valence-corrected chi connectivity index (χ2v) is 13.3. The van der Waals surface area contributed by atoms with Gasteiger partial charge in [0, 0.05) is 10.9 Å². The lowest BCUT2D eigenvalue weighted by molar-refractivity contribution is 0.437. The maximum Gasteiger partial charge on any atom is 0.176 e. The van der Waals surface area contributed by atoms with Crippen molar-refractivity contribution in [3.63, 3.8) is 0 Å². The second kappa shape index (κ2) is 8.99. The predicted molar refractivity (Wildman–Crippen MR) is 180 cm³/mol. The van der Waals surface area contributed by atoms with Gasteiger partial charge in [-0.2, -0.15) is 0 Å². The van der Waals surface area contributed by atoms with E-state index in [1.807, 2.05) is 12.3 Å². The second-order valence-electron chi connectivity index (χ2n) is 13.3. The van der Waals surface area contributed by atoms with E-state index in [0.29, 0.717) is 0 Å². The predicted octanol–water partition coefficient (Wildman–Crippen LogP) is 11.0. The number of hydrogen-bond acceptors (Lipinski definition) is 2. The SMILES string of the molecule is Cc1c(C)c(C)c2c(c1C)-c1c(C)c(C)c(C)c(C)c1C1(C=COc3c1ccc1ccoc31)c1c(C)c(C)c(C)c(C)c1-2. The van der Waals surface area contributed by atoms with Crippen LogP contribution in [-0.4, -0.2) is 0 Å². The van der Waals surface area contributed by atoms with Crippen molar-refractivity contribution in [3.8, 4) is 28.0 Å². The van der Waals surface area contributed by atoms with Crippen molar-refractivity contribution in [2.75, 3.05) is 0 Å². The minimum absolute atomic E-state index is 0.584. The maximum atomic E-state index is 6.43. The highest BCUT2D eigenvalue weighted by molar-refractivity contribution is 6.01. The van der Waals surface area contributed by atoms with E-state index >= 15 is 0 Å². The normalized spacial score (nSPS) is 14.3. The summed E-state index contributed by atoms with van der Waals surface area (Å²) in [4.78, 5) is 0. The number of furan rings is 1. The van der Waals surface area contributed by atoms with Gasteiger partial charge in [0.1, 0.15) is 0 Å². The van der Waals surface area contributed by atoms with Crippen molar-refractivity contribution >= 4 is 11.0 Å². The summed E-state index contributed by atoms with van der Waals surface area (Å²) in [6.45, 7) is 27.9. The van der Waals surface area contributed by atoms with Crippen LogP contribution in [0.4, 0.5) is 0 Å². The van der Waals surface area contributed by atoms with Crippen molar-refractivity contribution in [1.82, 2.24) is 0 Å². The maximum absolute atomic E-state index is 6.43. The lowest BCUT2D eigenvalue weighted by Gasteiger charge is -2.41. The molecule has 0 radical (unpaired) electrons. The third kappa shape index (κ3) is 3.19. The average Bonchev–Trinajstić information content (AvgIpc) is 3.45. The van der Waals surface area contributed by atoms with E-state index in [-0.39, 0.29) is 0 Å². The molecule has 0 N–H and O–H groups in total. The van der Waals surface area contributed by atoms with Crippen molar-refractivity contribution in [2.24, 2.45) is 0 Å². The van der Waals surface area contributed by atoms with Crippen LogP contribution in [0.25, 0.3) is 33.2 Å².